The average Bonchev–Trinajstić information content (AvgIpc) is 3.02. The number of hydrogen-bond donors (Lipinski definition) is 1. The molecular weight excluding hydrogens is 318 g/mol. The largest absolute Gasteiger partial charge is 0.383 e. The molecule has 2 heterocycles. The number of piperidine rings is 1. The van der Waals surface area contributed by atoms with E-state index in [0.29, 0.717) is 12.5 Å². The van der Waals surface area contributed by atoms with Crippen molar-refractivity contribution in [2.24, 2.45) is 18.0 Å². The van der Waals surface area contributed by atoms with Crippen LogP contribution in [0.4, 0.5) is 0 Å². The molecule has 8 heteroatoms. The highest BCUT2D eigenvalue weighted by Gasteiger charge is 2.19. The molecule has 0 atom stereocenters. The van der Waals surface area contributed by atoms with Crippen molar-refractivity contribution in [2.75, 3.05) is 53.5 Å². The number of nitrogens with zero attached hydrogens (tertiary/aromatic N) is 6. The highest BCUT2D eigenvalue weighted by molar-refractivity contribution is 5.79. The highest BCUT2D eigenvalue weighted by Crippen LogP contribution is 2.17. The lowest BCUT2D eigenvalue weighted by Crippen LogP contribution is -2.40. The molecule has 1 aliphatic heterocycles. The number of rotatable bonds is 8. The second kappa shape index (κ2) is 10.4. The van der Waals surface area contributed by atoms with Crippen molar-refractivity contribution >= 4 is 5.96 Å². The Morgan fingerprint density at radius 2 is 2.20 bits per heavy atom. The smallest absolute Gasteiger partial charge is 0.194 e. The molecular formula is C17H33N7O. The minimum atomic E-state index is 0.663. The fourth-order valence-electron chi connectivity index (χ4n) is 3.05. The van der Waals surface area contributed by atoms with Crippen molar-refractivity contribution in [3.05, 3.63) is 12.2 Å². The van der Waals surface area contributed by atoms with Crippen molar-refractivity contribution in [2.45, 2.75) is 26.3 Å². The summed E-state index contributed by atoms with van der Waals surface area (Å²) in [5.41, 5.74) is 0. The minimum Gasteiger partial charge on any atom is -0.383 e. The Kier molecular flexibility index (Phi) is 8.14. The van der Waals surface area contributed by atoms with Gasteiger partial charge in [-0.25, -0.2) is 4.98 Å². The van der Waals surface area contributed by atoms with Gasteiger partial charge in [0, 0.05) is 40.8 Å². The minimum absolute atomic E-state index is 0.663. The van der Waals surface area contributed by atoms with E-state index in [1.807, 2.05) is 14.1 Å². The molecule has 0 amide bonds. The predicted molar refractivity (Wildman–Crippen MR) is 99.5 cm³/mol. The van der Waals surface area contributed by atoms with E-state index in [9.17, 15) is 0 Å². The summed E-state index contributed by atoms with van der Waals surface area (Å²) in [5, 5.41) is 7.51. The van der Waals surface area contributed by atoms with Crippen molar-refractivity contribution in [1.29, 1.82) is 0 Å². The summed E-state index contributed by atoms with van der Waals surface area (Å²) in [7, 11) is 5.72. The number of likely N-dealkylation sites (tertiary alicyclic amines) is 1. The van der Waals surface area contributed by atoms with Gasteiger partial charge in [0.1, 0.15) is 12.2 Å². The van der Waals surface area contributed by atoms with E-state index in [1.165, 1.54) is 12.8 Å². The quantitative estimate of drug-likeness (QED) is 0.545. The van der Waals surface area contributed by atoms with Gasteiger partial charge >= 0.3 is 0 Å². The average molecular weight is 351 g/mol. The maximum atomic E-state index is 5.17. The summed E-state index contributed by atoms with van der Waals surface area (Å²) in [6.07, 6.45) is 4.00. The Morgan fingerprint density at radius 1 is 1.44 bits per heavy atom. The van der Waals surface area contributed by atoms with Crippen molar-refractivity contribution in [1.82, 2.24) is 29.9 Å². The summed E-state index contributed by atoms with van der Waals surface area (Å²) < 4.78 is 6.97. The van der Waals surface area contributed by atoms with Gasteiger partial charge in [0.25, 0.3) is 0 Å². The van der Waals surface area contributed by atoms with Gasteiger partial charge < -0.3 is 19.9 Å². The van der Waals surface area contributed by atoms with E-state index in [-0.39, 0.29) is 0 Å². The standard InChI is InChI=1S/C17H33N7O/c1-5-18-17(22(2)13-16-20-14-21-23(16)3)19-12-15-6-8-24(9-7-15)10-11-25-4/h14-15H,5-13H2,1-4H3,(H,18,19). The van der Waals surface area contributed by atoms with Gasteiger partial charge in [-0.1, -0.05) is 0 Å². The molecule has 1 N–H and O–H groups in total. The summed E-state index contributed by atoms with van der Waals surface area (Å²) in [4.78, 5) is 13.8. The van der Waals surface area contributed by atoms with Crippen molar-refractivity contribution in [3.8, 4) is 0 Å². The molecule has 25 heavy (non-hydrogen) atoms. The zero-order valence-corrected chi connectivity index (χ0v) is 16.1. The van der Waals surface area contributed by atoms with Gasteiger partial charge in [0.05, 0.1) is 13.2 Å². The summed E-state index contributed by atoms with van der Waals surface area (Å²) >= 11 is 0. The molecule has 142 valence electrons. The Bertz CT molecular complexity index is 523. The number of aromatic nitrogens is 3. The Morgan fingerprint density at radius 3 is 2.80 bits per heavy atom. The Balaban J connectivity index is 1.84. The molecule has 1 aliphatic rings. The van der Waals surface area contributed by atoms with Crippen molar-refractivity contribution < 1.29 is 4.74 Å². The molecule has 1 saturated heterocycles. The monoisotopic (exact) mass is 351 g/mol. The lowest BCUT2D eigenvalue weighted by molar-refractivity contribution is 0.121. The summed E-state index contributed by atoms with van der Waals surface area (Å²) in [6, 6.07) is 0. The normalized spacial score (nSPS) is 17.0. The summed E-state index contributed by atoms with van der Waals surface area (Å²) in [6.45, 7) is 8.68. The third kappa shape index (κ3) is 6.28. The molecule has 1 aromatic rings. The zero-order valence-electron chi connectivity index (χ0n) is 16.1. The molecule has 0 spiro atoms. The first-order valence-electron chi connectivity index (χ1n) is 9.17. The zero-order chi connectivity index (χ0) is 18.1. The van der Waals surface area contributed by atoms with Crippen LogP contribution >= 0.6 is 0 Å². The van der Waals surface area contributed by atoms with E-state index in [4.69, 9.17) is 9.73 Å². The van der Waals surface area contributed by atoms with E-state index in [1.54, 1.807) is 18.1 Å². The maximum absolute atomic E-state index is 5.17. The lowest BCUT2D eigenvalue weighted by atomic mass is 9.97. The van der Waals surface area contributed by atoms with Crippen LogP contribution < -0.4 is 5.32 Å². The number of aliphatic imine (C=N–C) groups is 1. The topological polar surface area (TPSA) is 70.8 Å². The van der Waals surface area contributed by atoms with Crippen LogP contribution in [0.15, 0.2) is 11.3 Å². The molecule has 2 rings (SSSR count). The number of hydrogen-bond acceptors (Lipinski definition) is 5. The van der Waals surface area contributed by atoms with Gasteiger partial charge in [0.15, 0.2) is 5.96 Å². The number of ether oxygens (including phenoxy) is 1. The van der Waals surface area contributed by atoms with Crippen LogP contribution in [0.5, 0.6) is 0 Å². The van der Waals surface area contributed by atoms with Crippen LogP contribution in [0.2, 0.25) is 0 Å². The molecule has 0 saturated carbocycles. The lowest BCUT2D eigenvalue weighted by Gasteiger charge is -2.31. The van der Waals surface area contributed by atoms with E-state index in [0.717, 1.165) is 51.1 Å². The molecule has 1 fully saturated rings. The third-order valence-corrected chi connectivity index (χ3v) is 4.70. The Labute approximate surface area is 151 Å². The molecule has 0 aromatic carbocycles. The van der Waals surface area contributed by atoms with E-state index >= 15 is 0 Å². The SMILES string of the molecule is CCNC(=NCC1CCN(CCOC)CC1)N(C)Cc1ncnn1C. The number of methoxy groups -OCH3 is 1. The van der Waals surface area contributed by atoms with Gasteiger partial charge in [0.2, 0.25) is 0 Å². The second-order valence-corrected chi connectivity index (χ2v) is 6.63. The molecule has 8 nitrogen and oxygen atoms in total. The molecule has 1 aromatic heterocycles. The van der Waals surface area contributed by atoms with E-state index < -0.39 is 0 Å². The molecule has 0 aliphatic carbocycles. The van der Waals surface area contributed by atoms with Gasteiger partial charge in [-0.3, -0.25) is 9.67 Å². The van der Waals surface area contributed by atoms with E-state index in [2.05, 4.69) is 32.1 Å². The fraction of sp³-hybridized carbons (Fsp3) is 0.824. The van der Waals surface area contributed by atoms with Crippen LogP contribution in [0.1, 0.15) is 25.6 Å². The first-order chi connectivity index (χ1) is 12.1. The number of aryl methyl sites for hydroxylation is 1. The molecule has 0 radical (unpaired) electrons. The second-order valence-electron chi connectivity index (χ2n) is 6.63. The van der Waals surface area contributed by atoms with Crippen LogP contribution in [0, 0.1) is 5.92 Å². The Hall–Kier alpha value is -1.67. The van der Waals surface area contributed by atoms with Crippen LogP contribution in [-0.2, 0) is 18.3 Å². The van der Waals surface area contributed by atoms with Gasteiger partial charge in [-0.05, 0) is 38.8 Å². The number of nitrogens with one attached hydrogen (secondary N) is 1. The van der Waals surface area contributed by atoms with Gasteiger partial charge in [-0.2, -0.15) is 5.10 Å². The van der Waals surface area contributed by atoms with Crippen LogP contribution in [-0.4, -0.2) is 84.0 Å². The molecule has 0 bridgehead atoms. The fourth-order valence-corrected chi connectivity index (χ4v) is 3.05. The number of guanidine groups is 1. The maximum Gasteiger partial charge on any atom is 0.194 e. The van der Waals surface area contributed by atoms with Crippen LogP contribution in [0.3, 0.4) is 0 Å². The van der Waals surface area contributed by atoms with Crippen molar-refractivity contribution in [3.63, 3.8) is 0 Å². The first kappa shape index (κ1) is 19.7. The summed E-state index contributed by atoms with van der Waals surface area (Å²) in [5.74, 6) is 2.53. The third-order valence-electron chi connectivity index (χ3n) is 4.70. The first-order valence-corrected chi connectivity index (χ1v) is 9.17. The highest BCUT2D eigenvalue weighted by atomic mass is 16.5. The predicted octanol–water partition coefficient (Wildman–Crippen LogP) is 0.571. The van der Waals surface area contributed by atoms with Crippen LogP contribution in [0.25, 0.3) is 0 Å². The van der Waals surface area contributed by atoms with Gasteiger partial charge in [-0.15, -0.1) is 0 Å². The molecule has 0 unspecified atom stereocenters.